The Balaban J connectivity index is 1.69. The van der Waals surface area contributed by atoms with E-state index in [9.17, 15) is 9.18 Å². The van der Waals surface area contributed by atoms with Crippen LogP contribution in [0.1, 0.15) is 32.6 Å². The van der Waals surface area contributed by atoms with Crippen molar-refractivity contribution in [3.63, 3.8) is 0 Å². The number of carbonyl (C=O) groups is 1. The molecule has 0 aromatic rings. The van der Waals surface area contributed by atoms with Gasteiger partial charge in [-0.1, -0.05) is 0 Å². The highest BCUT2D eigenvalue weighted by Gasteiger charge is 2.33. The molecule has 0 aromatic carbocycles. The van der Waals surface area contributed by atoms with Crippen molar-refractivity contribution in [1.82, 2.24) is 15.5 Å². The first-order valence-electron chi connectivity index (χ1n) is 7.45. The maximum atomic E-state index is 13.8. The molecule has 0 saturated carbocycles. The standard InChI is InChI=1S/C15H22FN3O/c1-15(16)4-7-19(8-5-15)14(20)12-9-11-3-2-6-17-13(11)18-10-12/h9,17-18H,2-8,10H2,1H3. The van der Waals surface area contributed by atoms with Crippen LogP contribution in [0.15, 0.2) is 23.0 Å². The predicted octanol–water partition coefficient (Wildman–Crippen LogP) is 1.46. The lowest BCUT2D eigenvalue weighted by Crippen LogP contribution is -2.46. The van der Waals surface area contributed by atoms with Crippen molar-refractivity contribution in [3.05, 3.63) is 23.0 Å². The lowest BCUT2D eigenvalue weighted by molar-refractivity contribution is -0.129. The molecule has 4 nitrogen and oxygen atoms in total. The SMILES string of the molecule is CC1(F)CCN(C(=O)C2=CC3=C(NCCC3)NC2)CC1. The Labute approximate surface area is 119 Å². The van der Waals surface area contributed by atoms with Crippen LogP contribution in [-0.2, 0) is 4.79 Å². The summed E-state index contributed by atoms with van der Waals surface area (Å²) < 4.78 is 13.8. The summed E-state index contributed by atoms with van der Waals surface area (Å²) in [5.74, 6) is 1.13. The minimum Gasteiger partial charge on any atom is -0.372 e. The summed E-state index contributed by atoms with van der Waals surface area (Å²) in [6.07, 6.45) is 5.00. The third kappa shape index (κ3) is 2.67. The zero-order chi connectivity index (χ0) is 14.2. The van der Waals surface area contributed by atoms with Gasteiger partial charge < -0.3 is 15.5 Å². The summed E-state index contributed by atoms with van der Waals surface area (Å²) in [6, 6.07) is 0. The highest BCUT2D eigenvalue weighted by atomic mass is 19.1. The van der Waals surface area contributed by atoms with E-state index in [2.05, 4.69) is 10.6 Å². The van der Waals surface area contributed by atoms with Crippen LogP contribution in [0.5, 0.6) is 0 Å². The highest BCUT2D eigenvalue weighted by molar-refractivity contribution is 5.94. The molecule has 1 amide bonds. The number of nitrogens with zero attached hydrogens (tertiary/aromatic N) is 1. The van der Waals surface area contributed by atoms with E-state index in [1.807, 2.05) is 6.08 Å². The van der Waals surface area contributed by atoms with E-state index in [0.29, 0.717) is 32.5 Å². The minimum atomic E-state index is -1.11. The third-order valence-electron chi connectivity index (χ3n) is 4.42. The first-order valence-corrected chi connectivity index (χ1v) is 7.45. The van der Waals surface area contributed by atoms with E-state index in [-0.39, 0.29) is 5.91 Å². The Morgan fingerprint density at radius 2 is 2.10 bits per heavy atom. The predicted molar refractivity (Wildman–Crippen MR) is 75.7 cm³/mol. The summed E-state index contributed by atoms with van der Waals surface area (Å²) in [5.41, 5.74) is 0.881. The van der Waals surface area contributed by atoms with Crippen molar-refractivity contribution in [2.45, 2.75) is 38.3 Å². The normalized spacial score (nSPS) is 25.3. The second-order valence-electron chi connectivity index (χ2n) is 6.16. The summed E-state index contributed by atoms with van der Waals surface area (Å²) >= 11 is 0. The van der Waals surface area contributed by atoms with Gasteiger partial charge in [0.15, 0.2) is 0 Å². The molecular formula is C15H22FN3O. The Bertz CT molecular complexity index is 472. The number of dihydropyridines is 1. The fourth-order valence-corrected chi connectivity index (χ4v) is 3.01. The first kappa shape index (κ1) is 13.5. The van der Waals surface area contributed by atoms with Crippen molar-refractivity contribution >= 4 is 5.91 Å². The van der Waals surface area contributed by atoms with Gasteiger partial charge in [0.1, 0.15) is 11.5 Å². The van der Waals surface area contributed by atoms with Gasteiger partial charge in [0, 0.05) is 31.8 Å². The Morgan fingerprint density at radius 3 is 2.85 bits per heavy atom. The largest absolute Gasteiger partial charge is 0.372 e. The Kier molecular flexibility index (Phi) is 3.44. The van der Waals surface area contributed by atoms with Gasteiger partial charge in [0.05, 0.1) is 0 Å². The van der Waals surface area contributed by atoms with Gasteiger partial charge in [0.2, 0.25) is 0 Å². The average Bonchev–Trinajstić information content (AvgIpc) is 2.46. The topological polar surface area (TPSA) is 44.4 Å². The fraction of sp³-hybridized carbons (Fsp3) is 0.667. The maximum absolute atomic E-state index is 13.8. The second kappa shape index (κ2) is 5.11. The number of hydrogen-bond acceptors (Lipinski definition) is 3. The number of amides is 1. The number of halogens is 1. The van der Waals surface area contributed by atoms with Gasteiger partial charge in [-0.05, 0) is 44.3 Å². The van der Waals surface area contributed by atoms with Gasteiger partial charge in [0.25, 0.3) is 5.91 Å². The number of piperidine rings is 1. The van der Waals surface area contributed by atoms with Crippen molar-refractivity contribution in [1.29, 1.82) is 0 Å². The monoisotopic (exact) mass is 279 g/mol. The van der Waals surface area contributed by atoms with E-state index in [0.717, 1.165) is 30.8 Å². The zero-order valence-electron chi connectivity index (χ0n) is 12.0. The number of hydrogen-bond donors (Lipinski definition) is 2. The van der Waals surface area contributed by atoms with Crippen LogP contribution in [0.2, 0.25) is 0 Å². The van der Waals surface area contributed by atoms with Crippen molar-refractivity contribution in [2.75, 3.05) is 26.2 Å². The fourth-order valence-electron chi connectivity index (χ4n) is 3.01. The molecule has 2 N–H and O–H groups in total. The van der Waals surface area contributed by atoms with Crippen LogP contribution < -0.4 is 10.6 Å². The number of allylic oxidation sites excluding steroid dienone is 2. The Morgan fingerprint density at radius 1 is 1.35 bits per heavy atom. The molecule has 0 atom stereocenters. The van der Waals surface area contributed by atoms with E-state index >= 15 is 0 Å². The van der Waals surface area contributed by atoms with Crippen LogP contribution in [0.3, 0.4) is 0 Å². The second-order valence-corrected chi connectivity index (χ2v) is 6.16. The average molecular weight is 279 g/mol. The van der Waals surface area contributed by atoms with Crippen LogP contribution in [0, 0.1) is 0 Å². The van der Waals surface area contributed by atoms with Crippen LogP contribution >= 0.6 is 0 Å². The molecule has 3 aliphatic heterocycles. The molecule has 0 aromatic heterocycles. The molecule has 5 heteroatoms. The molecule has 0 bridgehead atoms. The van der Waals surface area contributed by atoms with Gasteiger partial charge in [-0.15, -0.1) is 0 Å². The van der Waals surface area contributed by atoms with E-state index in [4.69, 9.17) is 0 Å². The van der Waals surface area contributed by atoms with Crippen LogP contribution in [0.4, 0.5) is 4.39 Å². The summed E-state index contributed by atoms with van der Waals surface area (Å²) in [6.45, 7) is 4.22. The number of carbonyl (C=O) groups excluding carboxylic acids is 1. The van der Waals surface area contributed by atoms with E-state index in [1.54, 1.807) is 11.8 Å². The van der Waals surface area contributed by atoms with Gasteiger partial charge in [-0.2, -0.15) is 0 Å². The number of nitrogens with one attached hydrogen (secondary N) is 2. The highest BCUT2D eigenvalue weighted by Crippen LogP contribution is 2.27. The minimum absolute atomic E-state index is 0.0603. The van der Waals surface area contributed by atoms with E-state index in [1.165, 1.54) is 5.57 Å². The molecule has 20 heavy (non-hydrogen) atoms. The van der Waals surface area contributed by atoms with E-state index < -0.39 is 5.67 Å². The molecule has 110 valence electrons. The molecule has 1 saturated heterocycles. The molecule has 0 unspecified atom stereocenters. The van der Waals surface area contributed by atoms with Gasteiger partial charge in [-0.3, -0.25) is 4.79 Å². The molecule has 0 radical (unpaired) electrons. The Hall–Kier alpha value is -1.52. The molecule has 1 fully saturated rings. The summed E-state index contributed by atoms with van der Waals surface area (Å²) in [5, 5.41) is 6.61. The molecule has 3 heterocycles. The van der Waals surface area contributed by atoms with Crippen LogP contribution in [0.25, 0.3) is 0 Å². The molecular weight excluding hydrogens is 257 g/mol. The first-order chi connectivity index (χ1) is 9.55. The lowest BCUT2D eigenvalue weighted by Gasteiger charge is -2.35. The summed E-state index contributed by atoms with van der Waals surface area (Å²) in [7, 11) is 0. The van der Waals surface area contributed by atoms with Gasteiger partial charge in [-0.25, -0.2) is 4.39 Å². The van der Waals surface area contributed by atoms with Gasteiger partial charge >= 0.3 is 0 Å². The number of alkyl halides is 1. The smallest absolute Gasteiger partial charge is 0.251 e. The van der Waals surface area contributed by atoms with Crippen molar-refractivity contribution in [2.24, 2.45) is 0 Å². The van der Waals surface area contributed by atoms with Crippen LogP contribution in [-0.4, -0.2) is 42.7 Å². The molecule has 3 aliphatic rings. The third-order valence-corrected chi connectivity index (χ3v) is 4.42. The van der Waals surface area contributed by atoms with Crippen molar-refractivity contribution in [3.8, 4) is 0 Å². The molecule has 0 aliphatic carbocycles. The lowest BCUT2D eigenvalue weighted by atomic mass is 9.94. The molecule has 0 spiro atoms. The summed E-state index contributed by atoms with van der Waals surface area (Å²) in [4.78, 5) is 14.3. The number of rotatable bonds is 1. The zero-order valence-corrected chi connectivity index (χ0v) is 12.0. The maximum Gasteiger partial charge on any atom is 0.251 e. The number of likely N-dealkylation sites (tertiary alicyclic amines) is 1. The quantitative estimate of drug-likeness (QED) is 0.764. The molecule has 3 rings (SSSR count). The van der Waals surface area contributed by atoms with Crippen molar-refractivity contribution < 1.29 is 9.18 Å².